The van der Waals surface area contributed by atoms with E-state index < -0.39 is 0 Å². The summed E-state index contributed by atoms with van der Waals surface area (Å²) in [4.78, 5) is 1.56. The molecular formula is C11H14BrNOS. The molecule has 3 rings (SSSR count). The van der Waals surface area contributed by atoms with E-state index in [-0.39, 0.29) is 0 Å². The van der Waals surface area contributed by atoms with Crippen molar-refractivity contribution in [3.05, 3.63) is 20.3 Å². The van der Waals surface area contributed by atoms with Crippen LogP contribution in [0.15, 0.2) is 9.85 Å². The Morgan fingerprint density at radius 2 is 2.33 bits per heavy atom. The summed E-state index contributed by atoms with van der Waals surface area (Å²) in [5, 5.41) is 3.69. The summed E-state index contributed by atoms with van der Waals surface area (Å²) in [6, 6.07) is 3.43. The molecule has 4 heteroatoms. The van der Waals surface area contributed by atoms with Crippen molar-refractivity contribution >= 4 is 27.3 Å². The van der Waals surface area contributed by atoms with Crippen molar-refractivity contribution in [2.75, 3.05) is 13.2 Å². The Morgan fingerprint density at radius 3 is 3.07 bits per heavy atom. The van der Waals surface area contributed by atoms with E-state index in [1.165, 1.54) is 28.6 Å². The zero-order chi connectivity index (χ0) is 10.3. The molecule has 2 aliphatic rings. The van der Waals surface area contributed by atoms with Crippen LogP contribution in [-0.4, -0.2) is 19.3 Å². The van der Waals surface area contributed by atoms with Crippen LogP contribution < -0.4 is 5.32 Å². The number of hydrogen-bond donors (Lipinski definition) is 1. The third kappa shape index (κ3) is 2.00. The quantitative estimate of drug-likeness (QED) is 0.903. The average Bonchev–Trinajstić information content (AvgIpc) is 2.52. The van der Waals surface area contributed by atoms with Gasteiger partial charge < -0.3 is 10.1 Å². The third-order valence-electron chi connectivity index (χ3n) is 3.16. The van der Waals surface area contributed by atoms with Gasteiger partial charge in [0, 0.05) is 10.9 Å². The molecule has 2 heterocycles. The third-order valence-corrected chi connectivity index (χ3v) is 4.87. The molecule has 1 aromatic rings. The standard InChI is InChI=1S/C11H14BrNOS/c12-11-4-8-9(13-7-5-14-6-7)2-1-3-10(8)15-11/h4,7,9,13H,1-3,5-6H2. The molecule has 1 aliphatic heterocycles. The number of nitrogens with one attached hydrogen (secondary N) is 1. The highest BCUT2D eigenvalue weighted by atomic mass is 79.9. The molecule has 0 aromatic carbocycles. The largest absolute Gasteiger partial charge is 0.378 e. The number of hydrogen-bond acceptors (Lipinski definition) is 3. The highest BCUT2D eigenvalue weighted by Crippen LogP contribution is 2.38. The van der Waals surface area contributed by atoms with E-state index in [0.717, 1.165) is 13.2 Å². The number of halogens is 1. The van der Waals surface area contributed by atoms with Crippen LogP contribution in [0, 0.1) is 0 Å². The van der Waals surface area contributed by atoms with Crippen LogP contribution in [0.5, 0.6) is 0 Å². The first-order valence-electron chi connectivity index (χ1n) is 5.45. The normalized spacial score (nSPS) is 26.1. The number of ether oxygens (including phenoxy) is 1. The monoisotopic (exact) mass is 287 g/mol. The van der Waals surface area contributed by atoms with Crippen LogP contribution >= 0.6 is 27.3 Å². The second-order valence-corrected chi connectivity index (χ2v) is 6.79. The van der Waals surface area contributed by atoms with Crippen molar-refractivity contribution in [3.63, 3.8) is 0 Å². The van der Waals surface area contributed by atoms with Gasteiger partial charge in [-0.2, -0.15) is 0 Å². The van der Waals surface area contributed by atoms with E-state index in [2.05, 4.69) is 27.3 Å². The highest BCUT2D eigenvalue weighted by Gasteiger charge is 2.27. The summed E-state index contributed by atoms with van der Waals surface area (Å²) in [6.45, 7) is 1.77. The second-order valence-electron chi connectivity index (χ2n) is 4.27. The van der Waals surface area contributed by atoms with E-state index in [0.29, 0.717) is 12.1 Å². The van der Waals surface area contributed by atoms with Gasteiger partial charge in [-0.1, -0.05) is 0 Å². The molecule has 2 nitrogen and oxygen atoms in total. The van der Waals surface area contributed by atoms with Gasteiger partial charge in [-0.05, 0) is 46.8 Å². The summed E-state index contributed by atoms with van der Waals surface area (Å²) in [5.74, 6) is 0. The fourth-order valence-corrected chi connectivity index (χ4v) is 4.13. The maximum Gasteiger partial charge on any atom is 0.0704 e. The molecular weight excluding hydrogens is 274 g/mol. The Balaban J connectivity index is 1.78. The van der Waals surface area contributed by atoms with Crippen molar-refractivity contribution in [3.8, 4) is 0 Å². The lowest BCUT2D eigenvalue weighted by Crippen LogP contribution is -2.47. The highest BCUT2D eigenvalue weighted by molar-refractivity contribution is 9.11. The van der Waals surface area contributed by atoms with Crippen molar-refractivity contribution in [2.24, 2.45) is 0 Å². The molecule has 1 N–H and O–H groups in total. The van der Waals surface area contributed by atoms with Crippen LogP contribution in [0.25, 0.3) is 0 Å². The molecule has 1 unspecified atom stereocenters. The minimum atomic E-state index is 0.560. The first kappa shape index (κ1) is 10.3. The Bertz CT molecular complexity index is 361. The van der Waals surface area contributed by atoms with Crippen LogP contribution in [-0.2, 0) is 11.2 Å². The van der Waals surface area contributed by atoms with Crippen LogP contribution in [0.3, 0.4) is 0 Å². The maximum absolute atomic E-state index is 5.20. The van der Waals surface area contributed by atoms with Gasteiger partial charge in [-0.15, -0.1) is 11.3 Å². The van der Waals surface area contributed by atoms with Crippen LogP contribution in [0.2, 0.25) is 0 Å². The smallest absolute Gasteiger partial charge is 0.0704 e. The molecule has 15 heavy (non-hydrogen) atoms. The molecule has 0 radical (unpaired) electrons. The molecule has 82 valence electrons. The van der Waals surface area contributed by atoms with Gasteiger partial charge in [0.05, 0.1) is 23.0 Å². The number of aryl methyl sites for hydroxylation is 1. The minimum absolute atomic E-state index is 0.560. The number of fused-ring (bicyclic) bond motifs is 1. The predicted octanol–water partition coefficient (Wildman–Crippen LogP) is 2.88. The Hall–Kier alpha value is 0.1000. The Labute approximate surface area is 102 Å². The van der Waals surface area contributed by atoms with Gasteiger partial charge in [0.25, 0.3) is 0 Å². The summed E-state index contributed by atoms with van der Waals surface area (Å²) in [6.07, 6.45) is 3.84. The van der Waals surface area contributed by atoms with Crippen LogP contribution in [0.1, 0.15) is 29.3 Å². The Morgan fingerprint density at radius 1 is 1.47 bits per heavy atom. The lowest BCUT2D eigenvalue weighted by atomic mass is 9.93. The topological polar surface area (TPSA) is 21.3 Å². The van der Waals surface area contributed by atoms with Gasteiger partial charge in [0.1, 0.15) is 0 Å². The predicted molar refractivity (Wildman–Crippen MR) is 65.4 cm³/mol. The molecule has 1 aromatic heterocycles. The van der Waals surface area contributed by atoms with Gasteiger partial charge in [0.15, 0.2) is 0 Å². The number of rotatable bonds is 2. The molecule has 0 saturated carbocycles. The summed E-state index contributed by atoms with van der Waals surface area (Å²) in [7, 11) is 0. The van der Waals surface area contributed by atoms with Gasteiger partial charge in [-0.25, -0.2) is 0 Å². The van der Waals surface area contributed by atoms with E-state index in [1.54, 1.807) is 4.88 Å². The molecule has 0 spiro atoms. The zero-order valence-electron chi connectivity index (χ0n) is 8.46. The lowest BCUT2D eigenvalue weighted by molar-refractivity contribution is -0.0109. The van der Waals surface area contributed by atoms with Gasteiger partial charge in [0.2, 0.25) is 0 Å². The average molecular weight is 288 g/mol. The zero-order valence-corrected chi connectivity index (χ0v) is 10.9. The molecule has 1 fully saturated rings. The Kier molecular flexibility index (Phi) is 2.85. The van der Waals surface area contributed by atoms with Gasteiger partial charge >= 0.3 is 0 Å². The summed E-state index contributed by atoms with van der Waals surface area (Å²) >= 11 is 5.48. The maximum atomic E-state index is 5.20. The van der Waals surface area contributed by atoms with E-state index in [9.17, 15) is 0 Å². The van der Waals surface area contributed by atoms with Crippen LogP contribution in [0.4, 0.5) is 0 Å². The molecule has 0 amide bonds. The summed E-state index contributed by atoms with van der Waals surface area (Å²) in [5.41, 5.74) is 1.52. The first-order chi connectivity index (χ1) is 7.33. The summed E-state index contributed by atoms with van der Waals surface area (Å²) < 4.78 is 6.47. The number of thiophene rings is 1. The van der Waals surface area contributed by atoms with Crippen molar-refractivity contribution in [1.82, 2.24) is 5.32 Å². The molecule has 1 aliphatic carbocycles. The van der Waals surface area contributed by atoms with E-state index in [4.69, 9.17) is 4.74 Å². The molecule has 1 atom stereocenters. The van der Waals surface area contributed by atoms with E-state index in [1.807, 2.05) is 11.3 Å². The van der Waals surface area contributed by atoms with Crippen molar-refractivity contribution < 1.29 is 4.74 Å². The molecule has 1 saturated heterocycles. The van der Waals surface area contributed by atoms with E-state index >= 15 is 0 Å². The fourth-order valence-electron chi connectivity index (χ4n) is 2.31. The lowest BCUT2D eigenvalue weighted by Gasteiger charge is -2.33. The van der Waals surface area contributed by atoms with Crippen molar-refractivity contribution in [2.45, 2.75) is 31.3 Å². The first-order valence-corrected chi connectivity index (χ1v) is 7.06. The minimum Gasteiger partial charge on any atom is -0.378 e. The molecule has 0 bridgehead atoms. The SMILES string of the molecule is Brc1cc2c(s1)CCCC2NC1COC1. The second kappa shape index (κ2) is 4.17. The van der Waals surface area contributed by atoms with Crippen molar-refractivity contribution in [1.29, 1.82) is 0 Å². The van der Waals surface area contributed by atoms with Gasteiger partial charge in [-0.3, -0.25) is 0 Å². The fraction of sp³-hybridized carbons (Fsp3) is 0.636.